The molecule has 2 rings (SSSR count). The molecule has 0 radical (unpaired) electrons. The molecule has 2 aromatic heterocycles. The van der Waals surface area contributed by atoms with Gasteiger partial charge in [0.05, 0.1) is 5.69 Å². The number of H-pyrrole nitrogens is 1. The van der Waals surface area contributed by atoms with Gasteiger partial charge in [-0.25, -0.2) is 0 Å². The number of thiophene rings is 1. The number of hydrogen-bond acceptors (Lipinski definition) is 3. The van der Waals surface area contributed by atoms with Crippen LogP contribution in [0.3, 0.4) is 0 Å². The summed E-state index contributed by atoms with van der Waals surface area (Å²) in [6.07, 6.45) is 0.910. The van der Waals surface area contributed by atoms with Gasteiger partial charge in [0.2, 0.25) is 0 Å². The van der Waals surface area contributed by atoms with Crippen molar-refractivity contribution in [1.82, 2.24) is 10.2 Å². The number of aromatic amines is 1. The highest BCUT2D eigenvalue weighted by Gasteiger charge is 2.10. The van der Waals surface area contributed by atoms with Crippen LogP contribution in [0.4, 0.5) is 5.82 Å². The Kier molecular flexibility index (Phi) is 2.06. The summed E-state index contributed by atoms with van der Waals surface area (Å²) in [6.45, 7) is 2.08. The number of nitrogens with one attached hydrogen (secondary N) is 1. The van der Waals surface area contributed by atoms with Crippen molar-refractivity contribution in [2.24, 2.45) is 0 Å². The van der Waals surface area contributed by atoms with Gasteiger partial charge in [-0.15, -0.1) is 0 Å². The lowest BCUT2D eigenvalue weighted by Gasteiger charge is -1.97. The molecular formula is C9H11N3S. The molecule has 0 bridgehead atoms. The summed E-state index contributed by atoms with van der Waals surface area (Å²) >= 11 is 1.67. The van der Waals surface area contributed by atoms with E-state index in [4.69, 9.17) is 5.73 Å². The molecule has 4 heteroatoms. The van der Waals surface area contributed by atoms with Crippen molar-refractivity contribution in [3.8, 4) is 11.3 Å². The van der Waals surface area contributed by atoms with Gasteiger partial charge in [0.25, 0.3) is 0 Å². The molecule has 0 atom stereocenters. The van der Waals surface area contributed by atoms with Crippen LogP contribution < -0.4 is 5.73 Å². The highest BCUT2D eigenvalue weighted by atomic mass is 32.1. The summed E-state index contributed by atoms with van der Waals surface area (Å²) in [6, 6.07) is 2.07. The van der Waals surface area contributed by atoms with Crippen molar-refractivity contribution in [2.45, 2.75) is 13.3 Å². The fourth-order valence-electron chi connectivity index (χ4n) is 1.38. The number of nitrogens with zero attached hydrogens (tertiary/aromatic N) is 1. The average molecular weight is 193 g/mol. The maximum Gasteiger partial charge on any atom is 0.149 e. The summed E-state index contributed by atoms with van der Waals surface area (Å²) in [5, 5.41) is 11.1. The molecule has 0 spiro atoms. The Balaban J connectivity index is 2.52. The van der Waals surface area contributed by atoms with E-state index in [-0.39, 0.29) is 0 Å². The van der Waals surface area contributed by atoms with Crippen LogP contribution in [-0.2, 0) is 6.42 Å². The largest absolute Gasteiger partial charge is 0.382 e. The van der Waals surface area contributed by atoms with Gasteiger partial charge < -0.3 is 5.73 Å². The minimum Gasteiger partial charge on any atom is -0.382 e. The topological polar surface area (TPSA) is 54.7 Å². The average Bonchev–Trinajstić information content (AvgIpc) is 2.71. The second-order valence-electron chi connectivity index (χ2n) is 2.83. The molecule has 68 valence electrons. The van der Waals surface area contributed by atoms with E-state index in [2.05, 4.69) is 28.6 Å². The first-order chi connectivity index (χ1) is 6.33. The van der Waals surface area contributed by atoms with Crippen molar-refractivity contribution in [2.75, 3.05) is 5.73 Å². The van der Waals surface area contributed by atoms with Crippen LogP contribution in [0, 0.1) is 0 Å². The van der Waals surface area contributed by atoms with Crippen molar-refractivity contribution < 1.29 is 0 Å². The summed E-state index contributed by atoms with van der Waals surface area (Å²) in [7, 11) is 0. The second kappa shape index (κ2) is 3.22. The minimum atomic E-state index is 0.615. The third-order valence-corrected chi connectivity index (χ3v) is 2.75. The first-order valence-corrected chi connectivity index (χ1v) is 5.12. The van der Waals surface area contributed by atoms with Gasteiger partial charge in [-0.1, -0.05) is 6.92 Å². The number of nitrogen functional groups attached to an aromatic ring is 1. The lowest BCUT2D eigenvalue weighted by atomic mass is 10.1. The predicted molar refractivity (Wildman–Crippen MR) is 55.7 cm³/mol. The fourth-order valence-corrected chi connectivity index (χ4v) is 2.03. The maximum absolute atomic E-state index is 5.72. The third kappa shape index (κ3) is 1.33. The lowest BCUT2D eigenvalue weighted by Crippen LogP contribution is -1.90. The summed E-state index contributed by atoms with van der Waals surface area (Å²) in [4.78, 5) is 0. The van der Waals surface area contributed by atoms with Crippen molar-refractivity contribution in [1.29, 1.82) is 0 Å². The summed E-state index contributed by atoms with van der Waals surface area (Å²) < 4.78 is 0. The highest BCUT2D eigenvalue weighted by molar-refractivity contribution is 7.08. The van der Waals surface area contributed by atoms with Crippen molar-refractivity contribution in [3.63, 3.8) is 0 Å². The zero-order valence-corrected chi connectivity index (χ0v) is 8.19. The van der Waals surface area contributed by atoms with E-state index in [1.807, 2.05) is 5.38 Å². The molecule has 0 aromatic carbocycles. The smallest absolute Gasteiger partial charge is 0.149 e. The Bertz CT molecular complexity index is 389. The molecule has 0 fully saturated rings. The molecule has 2 heterocycles. The molecule has 0 unspecified atom stereocenters. The molecule has 0 aliphatic carbocycles. The molecule has 0 saturated carbocycles. The molecule has 0 amide bonds. The predicted octanol–water partition coefficient (Wildman–Crippen LogP) is 2.28. The Morgan fingerprint density at radius 3 is 3.08 bits per heavy atom. The molecule has 3 N–H and O–H groups in total. The van der Waals surface area contributed by atoms with Crippen LogP contribution in [0.1, 0.15) is 12.5 Å². The van der Waals surface area contributed by atoms with E-state index in [1.54, 1.807) is 11.3 Å². The van der Waals surface area contributed by atoms with Gasteiger partial charge >= 0.3 is 0 Å². The number of rotatable bonds is 2. The first kappa shape index (κ1) is 8.31. The molecule has 3 nitrogen and oxygen atoms in total. The Morgan fingerprint density at radius 2 is 2.46 bits per heavy atom. The normalized spacial score (nSPS) is 10.5. The molecule has 0 aliphatic rings. The molecule has 0 aliphatic heterocycles. The zero-order chi connectivity index (χ0) is 9.26. The SMILES string of the molecule is CCc1c(N)n[nH]c1-c1ccsc1. The molecule has 2 aromatic rings. The fraction of sp³-hybridized carbons (Fsp3) is 0.222. The van der Waals surface area contributed by atoms with Gasteiger partial charge in [-0.2, -0.15) is 16.4 Å². The van der Waals surface area contributed by atoms with Crippen LogP contribution in [0.25, 0.3) is 11.3 Å². The van der Waals surface area contributed by atoms with E-state index in [9.17, 15) is 0 Å². The van der Waals surface area contributed by atoms with Gasteiger partial charge in [-0.3, -0.25) is 5.10 Å². The number of aromatic nitrogens is 2. The van der Waals surface area contributed by atoms with Crippen LogP contribution >= 0.6 is 11.3 Å². The number of anilines is 1. The highest BCUT2D eigenvalue weighted by Crippen LogP contribution is 2.26. The van der Waals surface area contributed by atoms with Crippen LogP contribution in [-0.4, -0.2) is 10.2 Å². The Labute approximate surface area is 80.6 Å². The number of hydrogen-bond donors (Lipinski definition) is 2. The van der Waals surface area contributed by atoms with Gasteiger partial charge in [0.1, 0.15) is 5.82 Å². The lowest BCUT2D eigenvalue weighted by molar-refractivity contribution is 1.10. The monoisotopic (exact) mass is 193 g/mol. The van der Waals surface area contributed by atoms with Crippen molar-refractivity contribution in [3.05, 3.63) is 22.4 Å². The zero-order valence-electron chi connectivity index (χ0n) is 7.37. The van der Waals surface area contributed by atoms with Crippen LogP contribution in [0.15, 0.2) is 16.8 Å². The molecule has 0 saturated heterocycles. The second-order valence-corrected chi connectivity index (χ2v) is 3.61. The maximum atomic E-state index is 5.72. The van der Waals surface area contributed by atoms with E-state index >= 15 is 0 Å². The van der Waals surface area contributed by atoms with Crippen LogP contribution in [0.2, 0.25) is 0 Å². The van der Waals surface area contributed by atoms with E-state index in [0.717, 1.165) is 17.7 Å². The minimum absolute atomic E-state index is 0.615. The standard InChI is InChI=1S/C9H11N3S/c1-2-7-8(11-12-9(7)10)6-3-4-13-5-6/h3-5H,2H2,1H3,(H3,10,11,12). The quantitative estimate of drug-likeness (QED) is 0.768. The van der Waals surface area contributed by atoms with Crippen molar-refractivity contribution >= 4 is 17.2 Å². The third-order valence-electron chi connectivity index (χ3n) is 2.06. The Morgan fingerprint density at radius 1 is 1.62 bits per heavy atom. The van der Waals surface area contributed by atoms with E-state index < -0.39 is 0 Å². The van der Waals surface area contributed by atoms with E-state index in [1.165, 1.54) is 5.56 Å². The first-order valence-electron chi connectivity index (χ1n) is 4.18. The van der Waals surface area contributed by atoms with E-state index in [0.29, 0.717) is 5.82 Å². The van der Waals surface area contributed by atoms with Crippen LogP contribution in [0.5, 0.6) is 0 Å². The molecule has 13 heavy (non-hydrogen) atoms. The Hall–Kier alpha value is -1.29. The van der Waals surface area contributed by atoms with Gasteiger partial charge in [0, 0.05) is 16.5 Å². The summed E-state index contributed by atoms with van der Waals surface area (Å²) in [5.41, 5.74) is 9.06. The summed E-state index contributed by atoms with van der Waals surface area (Å²) in [5.74, 6) is 0.615. The van der Waals surface area contributed by atoms with Gasteiger partial charge in [-0.05, 0) is 17.9 Å². The number of nitrogens with two attached hydrogens (primary N) is 1. The molecular weight excluding hydrogens is 182 g/mol. The van der Waals surface area contributed by atoms with Gasteiger partial charge in [0.15, 0.2) is 0 Å².